The summed E-state index contributed by atoms with van der Waals surface area (Å²) < 4.78 is 19.7. The van der Waals surface area contributed by atoms with Crippen LogP contribution in [0.15, 0.2) is 29.1 Å². The molecule has 9 heteroatoms. The second-order valence-corrected chi connectivity index (χ2v) is 6.10. The van der Waals surface area contributed by atoms with Crippen molar-refractivity contribution in [1.82, 2.24) is 14.6 Å². The van der Waals surface area contributed by atoms with Crippen molar-refractivity contribution >= 4 is 33.9 Å². The molecule has 0 bridgehead atoms. The second-order valence-electron chi connectivity index (χ2n) is 4.63. The zero-order valence-electron chi connectivity index (χ0n) is 11.7. The normalized spacial score (nSPS) is 10.9. The lowest BCUT2D eigenvalue weighted by Gasteiger charge is -2.03. The summed E-state index contributed by atoms with van der Waals surface area (Å²) in [4.78, 5) is 28.2. The van der Waals surface area contributed by atoms with Crippen LogP contribution < -0.4 is 5.56 Å². The molecule has 0 spiro atoms. The lowest BCUT2D eigenvalue weighted by Crippen LogP contribution is -2.14. The predicted octanol–water partition coefficient (Wildman–Crippen LogP) is 2.61. The number of fused-ring (bicyclic) bond motifs is 1. The highest BCUT2D eigenvalue weighted by atomic mass is 35.5. The van der Waals surface area contributed by atoms with Crippen LogP contribution in [-0.4, -0.2) is 20.6 Å². The van der Waals surface area contributed by atoms with Gasteiger partial charge < -0.3 is 4.74 Å². The van der Waals surface area contributed by atoms with E-state index >= 15 is 0 Å². The molecule has 118 valence electrons. The summed E-state index contributed by atoms with van der Waals surface area (Å²) in [6.45, 7) is 1.50. The van der Waals surface area contributed by atoms with Gasteiger partial charge in [-0.1, -0.05) is 22.9 Å². The number of aromatic nitrogens is 3. The van der Waals surface area contributed by atoms with Crippen LogP contribution in [0, 0.1) is 12.7 Å². The third-order valence-electron chi connectivity index (χ3n) is 2.89. The van der Waals surface area contributed by atoms with Gasteiger partial charge in [-0.25, -0.2) is 14.2 Å². The summed E-state index contributed by atoms with van der Waals surface area (Å²) in [5.41, 5.74) is -0.00449. The maximum Gasteiger partial charge on any atom is 0.341 e. The van der Waals surface area contributed by atoms with Gasteiger partial charge in [-0.3, -0.25) is 4.79 Å². The minimum atomic E-state index is -0.860. The van der Waals surface area contributed by atoms with Crippen LogP contribution >= 0.6 is 22.9 Å². The maximum absolute atomic E-state index is 13.6. The van der Waals surface area contributed by atoms with E-state index in [4.69, 9.17) is 16.3 Å². The third kappa shape index (κ3) is 3.22. The van der Waals surface area contributed by atoms with Crippen LogP contribution in [0.4, 0.5) is 4.39 Å². The molecule has 0 N–H and O–H groups in total. The quantitative estimate of drug-likeness (QED) is 0.677. The van der Waals surface area contributed by atoms with Crippen LogP contribution in [0.3, 0.4) is 0 Å². The average molecular weight is 354 g/mol. The first-order chi connectivity index (χ1) is 10.9. The van der Waals surface area contributed by atoms with E-state index in [2.05, 4.69) is 10.1 Å². The van der Waals surface area contributed by atoms with E-state index in [-0.39, 0.29) is 22.8 Å². The molecular formula is C14H9ClFN3O3S. The molecule has 3 aromatic rings. The minimum Gasteiger partial charge on any atom is -0.455 e. The molecule has 0 saturated heterocycles. The SMILES string of the molecule is Cc1cc(=O)n2nc(COC(=O)c3cc(Cl)ccc3F)sc2n1. The van der Waals surface area contributed by atoms with Crippen molar-refractivity contribution < 1.29 is 13.9 Å². The van der Waals surface area contributed by atoms with Crippen molar-refractivity contribution in [3.05, 3.63) is 61.7 Å². The van der Waals surface area contributed by atoms with Crippen LogP contribution in [0.2, 0.25) is 5.02 Å². The number of ether oxygens (including phenoxy) is 1. The molecule has 0 fully saturated rings. The largest absolute Gasteiger partial charge is 0.455 e. The first kappa shape index (κ1) is 15.6. The van der Waals surface area contributed by atoms with Gasteiger partial charge in [-0.15, -0.1) is 0 Å². The monoisotopic (exact) mass is 353 g/mol. The maximum atomic E-state index is 13.6. The number of esters is 1. The van der Waals surface area contributed by atoms with E-state index in [9.17, 15) is 14.0 Å². The summed E-state index contributed by atoms with van der Waals surface area (Å²) >= 11 is 6.85. The van der Waals surface area contributed by atoms with Crippen molar-refractivity contribution in [2.75, 3.05) is 0 Å². The Bertz CT molecular complexity index is 970. The number of halogens is 2. The zero-order valence-corrected chi connectivity index (χ0v) is 13.3. The third-order valence-corrected chi connectivity index (χ3v) is 4.01. The van der Waals surface area contributed by atoms with Crippen molar-refractivity contribution in [3.8, 4) is 0 Å². The van der Waals surface area contributed by atoms with Crippen LogP contribution in [0.5, 0.6) is 0 Å². The molecule has 3 rings (SSSR count). The van der Waals surface area contributed by atoms with Crippen molar-refractivity contribution in [3.63, 3.8) is 0 Å². The zero-order chi connectivity index (χ0) is 16.6. The fourth-order valence-corrected chi connectivity index (χ4v) is 2.91. The lowest BCUT2D eigenvalue weighted by atomic mass is 10.2. The van der Waals surface area contributed by atoms with E-state index in [1.165, 1.54) is 18.2 Å². The van der Waals surface area contributed by atoms with E-state index in [0.29, 0.717) is 15.7 Å². The average Bonchev–Trinajstić information content (AvgIpc) is 2.90. The molecule has 0 atom stereocenters. The standard InChI is InChI=1S/C14H9ClFN3O3S/c1-7-4-12(20)19-14(17-7)23-11(18-19)6-22-13(21)9-5-8(15)2-3-10(9)16/h2-5H,6H2,1H3. The van der Waals surface area contributed by atoms with Gasteiger partial charge in [0, 0.05) is 16.8 Å². The molecule has 2 heterocycles. The second kappa shape index (κ2) is 6.05. The van der Waals surface area contributed by atoms with Crippen LogP contribution in [0.1, 0.15) is 21.1 Å². The molecule has 1 aromatic carbocycles. The van der Waals surface area contributed by atoms with Gasteiger partial charge in [0.05, 0.1) is 5.56 Å². The summed E-state index contributed by atoms with van der Waals surface area (Å²) in [5, 5.41) is 4.62. The molecule has 0 aliphatic rings. The van der Waals surface area contributed by atoms with Gasteiger partial charge >= 0.3 is 5.97 Å². The Kier molecular flexibility index (Phi) is 4.10. The molecule has 23 heavy (non-hydrogen) atoms. The molecule has 0 amide bonds. The highest BCUT2D eigenvalue weighted by molar-refractivity contribution is 7.16. The molecular weight excluding hydrogens is 345 g/mol. The lowest BCUT2D eigenvalue weighted by molar-refractivity contribution is 0.0466. The van der Waals surface area contributed by atoms with E-state index in [1.807, 2.05) is 0 Å². The van der Waals surface area contributed by atoms with Gasteiger partial charge in [-0.05, 0) is 25.1 Å². The fraction of sp³-hybridized carbons (Fsp3) is 0.143. The Morgan fingerprint density at radius 3 is 3.00 bits per heavy atom. The van der Waals surface area contributed by atoms with Gasteiger partial charge in [0.15, 0.2) is 5.01 Å². The summed E-state index contributed by atoms with van der Waals surface area (Å²) in [6, 6.07) is 4.96. The van der Waals surface area contributed by atoms with Gasteiger partial charge in [-0.2, -0.15) is 9.61 Å². The molecule has 6 nitrogen and oxygen atoms in total. The number of rotatable bonds is 3. The number of carbonyl (C=O) groups is 1. The van der Waals surface area contributed by atoms with Crippen molar-refractivity contribution in [2.45, 2.75) is 13.5 Å². The number of hydrogen-bond donors (Lipinski definition) is 0. The Morgan fingerprint density at radius 2 is 2.22 bits per heavy atom. The number of aryl methyl sites for hydroxylation is 1. The van der Waals surface area contributed by atoms with Crippen LogP contribution in [0.25, 0.3) is 4.96 Å². The molecule has 0 saturated carbocycles. The number of nitrogens with zero attached hydrogens (tertiary/aromatic N) is 3. The molecule has 2 aromatic heterocycles. The van der Waals surface area contributed by atoms with Crippen molar-refractivity contribution in [1.29, 1.82) is 0 Å². The van der Waals surface area contributed by atoms with E-state index in [1.54, 1.807) is 6.92 Å². The molecule has 0 unspecified atom stereocenters. The Morgan fingerprint density at radius 1 is 1.43 bits per heavy atom. The summed E-state index contributed by atoms with van der Waals surface area (Å²) in [7, 11) is 0. The van der Waals surface area contributed by atoms with Crippen molar-refractivity contribution in [2.24, 2.45) is 0 Å². The first-order valence-electron chi connectivity index (χ1n) is 6.42. The molecule has 0 aliphatic carbocycles. The summed E-state index contributed by atoms with van der Waals surface area (Å²) in [6.07, 6.45) is 0. The smallest absolute Gasteiger partial charge is 0.341 e. The fourth-order valence-electron chi connectivity index (χ4n) is 1.88. The van der Waals surface area contributed by atoms with Gasteiger partial charge in [0.1, 0.15) is 12.4 Å². The van der Waals surface area contributed by atoms with Crippen LogP contribution in [-0.2, 0) is 11.3 Å². The predicted molar refractivity (Wildman–Crippen MR) is 82.4 cm³/mol. The van der Waals surface area contributed by atoms with Gasteiger partial charge in [0.25, 0.3) is 5.56 Å². The summed E-state index contributed by atoms with van der Waals surface area (Å²) in [5.74, 6) is -1.59. The van der Waals surface area contributed by atoms with E-state index in [0.717, 1.165) is 21.9 Å². The number of carbonyl (C=O) groups excluding carboxylic acids is 1. The molecule has 0 radical (unpaired) electrons. The topological polar surface area (TPSA) is 73.6 Å². The van der Waals surface area contributed by atoms with E-state index < -0.39 is 11.8 Å². The first-order valence-corrected chi connectivity index (χ1v) is 7.62. The highest BCUT2D eigenvalue weighted by Crippen LogP contribution is 2.17. The number of hydrogen-bond acceptors (Lipinski definition) is 6. The number of benzene rings is 1. The minimum absolute atomic E-state index is 0.197. The Hall–Kier alpha value is -2.32. The Balaban J connectivity index is 1.80. The Labute approximate surface area is 138 Å². The highest BCUT2D eigenvalue weighted by Gasteiger charge is 2.15. The van der Waals surface area contributed by atoms with Gasteiger partial charge in [0.2, 0.25) is 4.96 Å². The molecule has 0 aliphatic heterocycles.